The molecule has 1 heterocycles. The Bertz CT molecular complexity index is 1030. The van der Waals surface area contributed by atoms with Crippen LogP contribution in [0.3, 0.4) is 0 Å². The van der Waals surface area contributed by atoms with Gasteiger partial charge in [-0.15, -0.1) is 0 Å². The summed E-state index contributed by atoms with van der Waals surface area (Å²) < 4.78 is 40.4. The van der Waals surface area contributed by atoms with E-state index in [4.69, 9.17) is 0 Å². The Labute approximate surface area is 188 Å². The molecule has 10 heteroatoms. The second-order valence-corrected chi connectivity index (χ2v) is 10.1. The van der Waals surface area contributed by atoms with Crippen molar-refractivity contribution < 1.29 is 27.5 Å². The highest BCUT2D eigenvalue weighted by Gasteiger charge is 2.51. The predicted octanol–water partition coefficient (Wildman–Crippen LogP) is 4.90. The first-order chi connectivity index (χ1) is 15.6. The lowest BCUT2D eigenvalue weighted by Gasteiger charge is -2.56. The third-order valence-corrected chi connectivity index (χ3v) is 7.28. The van der Waals surface area contributed by atoms with Crippen molar-refractivity contribution in [3.8, 4) is 0 Å². The van der Waals surface area contributed by atoms with Crippen LogP contribution in [0.4, 0.5) is 23.7 Å². The Morgan fingerprint density at radius 2 is 1.79 bits per heavy atom. The number of ether oxygens (including phenoxy) is 1. The number of aromatic nitrogens is 2. The number of amides is 2. The van der Waals surface area contributed by atoms with Crippen LogP contribution >= 0.6 is 0 Å². The van der Waals surface area contributed by atoms with E-state index in [1.165, 1.54) is 38.5 Å². The van der Waals surface area contributed by atoms with Gasteiger partial charge in [0.05, 0.1) is 17.6 Å². The molecule has 7 nitrogen and oxygen atoms in total. The monoisotopic (exact) mass is 464 g/mol. The quantitative estimate of drug-likeness (QED) is 0.567. The molecular formula is C23H27F3N4O3. The Balaban J connectivity index is 1.17. The number of benzene rings is 1. The van der Waals surface area contributed by atoms with Crippen molar-refractivity contribution in [1.29, 1.82) is 0 Å². The van der Waals surface area contributed by atoms with E-state index in [0.29, 0.717) is 29.0 Å². The van der Waals surface area contributed by atoms with Gasteiger partial charge in [-0.25, -0.2) is 9.78 Å². The van der Waals surface area contributed by atoms with E-state index in [1.54, 1.807) is 18.2 Å². The van der Waals surface area contributed by atoms with Gasteiger partial charge in [-0.2, -0.15) is 13.2 Å². The number of anilines is 1. The van der Waals surface area contributed by atoms with Crippen LogP contribution in [0.25, 0.3) is 11.0 Å². The fraction of sp³-hybridized carbons (Fsp3) is 0.609. The number of hydrogen-bond acceptors (Lipinski definition) is 4. The molecule has 4 aliphatic carbocycles. The number of hydrogen-bond donors (Lipinski definition) is 3. The highest BCUT2D eigenvalue weighted by atomic mass is 19.4. The number of carbonyl (C=O) groups excluding carboxylic acids is 2. The summed E-state index contributed by atoms with van der Waals surface area (Å²) in [5, 5.41) is 5.24. The van der Waals surface area contributed by atoms with Gasteiger partial charge >= 0.3 is 12.3 Å². The molecule has 4 saturated carbocycles. The average Bonchev–Trinajstić information content (AvgIpc) is 3.11. The number of alkyl halides is 3. The summed E-state index contributed by atoms with van der Waals surface area (Å²) in [6.07, 6.45) is 2.35. The number of imidazole rings is 1. The van der Waals surface area contributed by atoms with Crippen molar-refractivity contribution in [2.24, 2.45) is 23.2 Å². The molecule has 4 bridgehead atoms. The van der Waals surface area contributed by atoms with Crippen LogP contribution in [0.2, 0.25) is 0 Å². The van der Waals surface area contributed by atoms with Gasteiger partial charge in [0.2, 0.25) is 5.91 Å². The SMILES string of the molecule is O=C(CC12CC3CC(CC(C3)C1)C2)Nc1ccc2[nH]c(CNC(=O)OCC(F)(F)F)nc2c1. The smallest absolute Gasteiger partial charge is 0.422 e. The second-order valence-electron chi connectivity index (χ2n) is 10.1. The normalized spacial score (nSPS) is 28.2. The van der Waals surface area contributed by atoms with Gasteiger partial charge < -0.3 is 20.4 Å². The minimum absolute atomic E-state index is 0.0288. The zero-order chi connectivity index (χ0) is 23.2. The molecule has 4 aliphatic rings. The summed E-state index contributed by atoms with van der Waals surface area (Å²) >= 11 is 0. The van der Waals surface area contributed by atoms with Crippen molar-refractivity contribution in [1.82, 2.24) is 15.3 Å². The fourth-order valence-electron chi connectivity index (χ4n) is 6.63. The van der Waals surface area contributed by atoms with Gasteiger partial charge in [-0.05, 0) is 79.9 Å². The summed E-state index contributed by atoms with van der Waals surface area (Å²) in [6, 6.07) is 5.30. The van der Waals surface area contributed by atoms with Crippen LogP contribution in [0.5, 0.6) is 0 Å². The van der Waals surface area contributed by atoms with Crippen LogP contribution in [-0.2, 0) is 16.1 Å². The minimum Gasteiger partial charge on any atom is -0.440 e. The second kappa shape index (κ2) is 8.22. The maximum Gasteiger partial charge on any atom is 0.422 e. The molecule has 33 heavy (non-hydrogen) atoms. The molecule has 2 amide bonds. The number of nitrogens with zero attached hydrogens (tertiary/aromatic N) is 1. The summed E-state index contributed by atoms with van der Waals surface area (Å²) in [6.45, 7) is -1.76. The summed E-state index contributed by atoms with van der Waals surface area (Å²) in [5.74, 6) is 2.78. The van der Waals surface area contributed by atoms with E-state index < -0.39 is 18.9 Å². The van der Waals surface area contributed by atoms with Gasteiger partial charge in [0.15, 0.2) is 6.61 Å². The molecule has 3 N–H and O–H groups in total. The molecule has 2 aromatic rings. The highest BCUT2D eigenvalue weighted by molar-refractivity contribution is 5.93. The van der Waals surface area contributed by atoms with Crippen LogP contribution in [-0.4, -0.2) is 34.8 Å². The molecule has 6 rings (SSSR count). The summed E-state index contributed by atoms with van der Waals surface area (Å²) in [4.78, 5) is 31.6. The molecule has 0 unspecified atom stereocenters. The van der Waals surface area contributed by atoms with Gasteiger partial charge in [-0.1, -0.05) is 0 Å². The molecule has 0 spiro atoms. The number of H-pyrrole nitrogens is 1. The zero-order valence-electron chi connectivity index (χ0n) is 18.1. The van der Waals surface area contributed by atoms with E-state index in [2.05, 4.69) is 25.3 Å². The first-order valence-electron chi connectivity index (χ1n) is 11.4. The van der Waals surface area contributed by atoms with Crippen molar-refractivity contribution >= 4 is 28.7 Å². The lowest BCUT2D eigenvalue weighted by molar-refractivity contribution is -0.160. The number of alkyl carbamates (subject to hydrolysis) is 1. The van der Waals surface area contributed by atoms with E-state index in [1.807, 2.05) is 0 Å². The predicted molar refractivity (Wildman–Crippen MR) is 114 cm³/mol. The van der Waals surface area contributed by atoms with Gasteiger partial charge in [0.1, 0.15) is 5.82 Å². The number of halogens is 3. The average molecular weight is 464 g/mol. The van der Waals surface area contributed by atoms with Crippen LogP contribution in [0.15, 0.2) is 18.2 Å². The standard InChI is InChI=1S/C23H27F3N4O3/c24-23(25,26)12-33-21(32)27-11-19-29-17-2-1-16(6-18(17)30-19)28-20(31)10-22-7-13-3-14(8-22)5-15(4-13)9-22/h1-2,6,13-15H,3-5,7-12H2,(H,27,32)(H,28,31)(H,29,30). The van der Waals surface area contributed by atoms with E-state index in [9.17, 15) is 22.8 Å². The molecule has 0 atom stereocenters. The minimum atomic E-state index is -4.58. The summed E-state index contributed by atoms with van der Waals surface area (Å²) in [5.41, 5.74) is 2.08. The van der Waals surface area contributed by atoms with Gasteiger partial charge in [0.25, 0.3) is 0 Å². The van der Waals surface area contributed by atoms with Crippen molar-refractivity contribution in [2.75, 3.05) is 11.9 Å². The molecule has 4 fully saturated rings. The van der Waals surface area contributed by atoms with E-state index in [-0.39, 0.29) is 17.9 Å². The lowest BCUT2D eigenvalue weighted by atomic mass is 9.49. The largest absolute Gasteiger partial charge is 0.440 e. The number of nitrogens with one attached hydrogen (secondary N) is 3. The number of rotatable bonds is 6. The van der Waals surface area contributed by atoms with Crippen molar-refractivity contribution in [3.05, 3.63) is 24.0 Å². The van der Waals surface area contributed by atoms with Crippen molar-refractivity contribution in [3.63, 3.8) is 0 Å². The van der Waals surface area contributed by atoms with Crippen LogP contribution < -0.4 is 10.6 Å². The molecular weight excluding hydrogens is 437 g/mol. The van der Waals surface area contributed by atoms with E-state index >= 15 is 0 Å². The van der Waals surface area contributed by atoms with Crippen LogP contribution in [0, 0.1) is 23.2 Å². The fourth-order valence-corrected chi connectivity index (χ4v) is 6.63. The molecule has 178 valence electrons. The molecule has 0 radical (unpaired) electrons. The zero-order valence-corrected chi connectivity index (χ0v) is 18.1. The third kappa shape index (κ3) is 5.09. The highest BCUT2D eigenvalue weighted by Crippen LogP contribution is 2.61. The maximum atomic E-state index is 12.9. The molecule has 0 saturated heterocycles. The maximum absolute atomic E-state index is 12.9. The first-order valence-corrected chi connectivity index (χ1v) is 11.4. The molecule has 0 aliphatic heterocycles. The number of carbonyl (C=O) groups is 2. The van der Waals surface area contributed by atoms with E-state index in [0.717, 1.165) is 17.8 Å². The van der Waals surface area contributed by atoms with Gasteiger partial charge in [0, 0.05) is 12.1 Å². The van der Waals surface area contributed by atoms with Crippen LogP contribution in [0.1, 0.15) is 50.8 Å². The Kier molecular flexibility index (Phi) is 5.49. The first kappa shape index (κ1) is 22.0. The number of aromatic amines is 1. The Hall–Kier alpha value is -2.78. The molecule has 1 aromatic heterocycles. The number of fused-ring (bicyclic) bond motifs is 1. The topological polar surface area (TPSA) is 96.1 Å². The van der Waals surface area contributed by atoms with Crippen molar-refractivity contribution in [2.45, 2.75) is 57.7 Å². The molecule has 1 aromatic carbocycles. The van der Waals surface area contributed by atoms with Gasteiger partial charge in [-0.3, -0.25) is 4.79 Å². The summed E-state index contributed by atoms with van der Waals surface area (Å²) in [7, 11) is 0. The third-order valence-electron chi connectivity index (χ3n) is 7.28. The Morgan fingerprint density at radius 1 is 1.12 bits per heavy atom. The Morgan fingerprint density at radius 3 is 2.42 bits per heavy atom. The lowest BCUT2D eigenvalue weighted by Crippen LogP contribution is -2.47.